The average Bonchev–Trinajstić information content (AvgIpc) is 2.28. The Morgan fingerprint density at radius 3 is 2.76 bits per heavy atom. The first-order valence-corrected chi connectivity index (χ1v) is 5.63. The molecule has 1 heterocycles. The van der Waals surface area contributed by atoms with Crippen molar-refractivity contribution in [2.24, 2.45) is 0 Å². The Morgan fingerprint density at radius 1 is 1.41 bits per heavy atom. The molecule has 17 heavy (non-hydrogen) atoms. The lowest BCUT2D eigenvalue weighted by molar-refractivity contribution is 0.218. The van der Waals surface area contributed by atoms with Crippen LogP contribution >= 0.6 is 23.2 Å². The molecule has 0 aliphatic rings. The normalized spacial score (nSPS) is 9.88. The highest BCUT2D eigenvalue weighted by Crippen LogP contribution is 2.18. The van der Waals surface area contributed by atoms with Gasteiger partial charge in [-0.2, -0.15) is 4.98 Å². The third-order valence-corrected chi connectivity index (χ3v) is 2.27. The van der Waals surface area contributed by atoms with Crippen molar-refractivity contribution in [3.63, 3.8) is 0 Å². The van der Waals surface area contributed by atoms with Crippen LogP contribution in [0.3, 0.4) is 0 Å². The van der Waals surface area contributed by atoms with Gasteiger partial charge in [0.2, 0.25) is 5.28 Å². The molecule has 0 bridgehead atoms. The molecule has 1 aromatic rings. The number of halogens is 2. The molecule has 0 radical (unpaired) electrons. The second kappa shape index (κ2) is 6.46. The van der Waals surface area contributed by atoms with Gasteiger partial charge in [-0.25, -0.2) is 9.78 Å². The summed E-state index contributed by atoms with van der Waals surface area (Å²) in [4.78, 5) is 20.3. The molecule has 0 unspecified atom stereocenters. The van der Waals surface area contributed by atoms with Gasteiger partial charge in [0.15, 0.2) is 0 Å². The van der Waals surface area contributed by atoms with Gasteiger partial charge in [-0.1, -0.05) is 11.6 Å². The van der Waals surface area contributed by atoms with Gasteiger partial charge in [0.1, 0.15) is 10.8 Å². The van der Waals surface area contributed by atoms with Gasteiger partial charge in [-0.3, -0.25) is 0 Å². The zero-order valence-electron chi connectivity index (χ0n) is 9.50. The average molecular weight is 278 g/mol. The summed E-state index contributed by atoms with van der Waals surface area (Å²) in [6, 6.07) is -0.154. The first kappa shape index (κ1) is 13.8. The molecule has 0 atom stereocenters. The number of nitrogens with zero attached hydrogens (tertiary/aromatic N) is 3. The minimum atomic E-state index is -0.154. The van der Waals surface area contributed by atoms with E-state index < -0.39 is 0 Å². The van der Waals surface area contributed by atoms with Crippen LogP contribution in [0.15, 0.2) is 6.20 Å². The van der Waals surface area contributed by atoms with Crippen molar-refractivity contribution in [3.05, 3.63) is 16.5 Å². The molecule has 6 nitrogen and oxygen atoms in total. The molecule has 0 fully saturated rings. The zero-order chi connectivity index (χ0) is 12.8. The summed E-state index contributed by atoms with van der Waals surface area (Å²) in [6.07, 6.45) is 1.41. The lowest BCUT2D eigenvalue weighted by Gasteiger charge is -2.12. The van der Waals surface area contributed by atoms with Crippen molar-refractivity contribution >= 4 is 35.1 Å². The number of hydrogen-bond donors (Lipinski definition) is 2. The molecule has 0 aliphatic carbocycles. The van der Waals surface area contributed by atoms with Crippen LogP contribution < -0.4 is 10.6 Å². The molecule has 2 amide bonds. The summed E-state index contributed by atoms with van der Waals surface area (Å²) in [5.74, 6) is 0.450. The van der Waals surface area contributed by atoms with Crippen LogP contribution in [-0.4, -0.2) is 48.1 Å². The zero-order valence-corrected chi connectivity index (χ0v) is 11.0. The number of rotatable bonds is 4. The monoisotopic (exact) mass is 277 g/mol. The molecule has 8 heteroatoms. The summed E-state index contributed by atoms with van der Waals surface area (Å²) in [5.41, 5.74) is 0. The summed E-state index contributed by atoms with van der Waals surface area (Å²) in [5, 5.41) is 6.14. The molecule has 0 spiro atoms. The fraction of sp³-hybridized carbons (Fsp3) is 0.444. The van der Waals surface area contributed by atoms with Gasteiger partial charge >= 0.3 is 6.03 Å². The summed E-state index contributed by atoms with van der Waals surface area (Å²) < 4.78 is 0. The quantitative estimate of drug-likeness (QED) is 0.646. The maximum absolute atomic E-state index is 11.2. The first-order valence-electron chi connectivity index (χ1n) is 4.87. The minimum Gasteiger partial charge on any atom is -0.367 e. The summed E-state index contributed by atoms with van der Waals surface area (Å²) in [6.45, 7) is 0.946. The molecule has 1 aromatic heterocycles. The van der Waals surface area contributed by atoms with Crippen molar-refractivity contribution < 1.29 is 4.79 Å². The number of nitrogens with one attached hydrogen (secondary N) is 2. The number of amides is 2. The number of aromatic nitrogens is 2. The van der Waals surface area contributed by atoms with Crippen LogP contribution in [0, 0.1) is 0 Å². The third kappa shape index (κ3) is 4.62. The highest BCUT2D eigenvalue weighted by molar-refractivity contribution is 6.33. The van der Waals surface area contributed by atoms with E-state index in [4.69, 9.17) is 23.2 Å². The Hall–Kier alpha value is -1.27. The molecule has 0 saturated carbocycles. The molecule has 2 N–H and O–H groups in total. The van der Waals surface area contributed by atoms with Crippen LogP contribution in [-0.2, 0) is 0 Å². The molecule has 1 rings (SSSR count). The van der Waals surface area contributed by atoms with Crippen LogP contribution in [0.2, 0.25) is 10.3 Å². The van der Waals surface area contributed by atoms with Crippen molar-refractivity contribution in [3.8, 4) is 0 Å². The number of hydrogen-bond acceptors (Lipinski definition) is 4. The second-order valence-corrected chi connectivity index (χ2v) is 4.13. The largest absolute Gasteiger partial charge is 0.367 e. The lowest BCUT2D eigenvalue weighted by Crippen LogP contribution is -2.37. The summed E-state index contributed by atoms with van der Waals surface area (Å²) >= 11 is 11.5. The fourth-order valence-electron chi connectivity index (χ4n) is 0.978. The smallest absolute Gasteiger partial charge is 0.316 e. The van der Waals surface area contributed by atoms with Gasteiger partial charge in [-0.15, -0.1) is 0 Å². The summed E-state index contributed by atoms with van der Waals surface area (Å²) in [7, 11) is 3.34. The highest BCUT2D eigenvalue weighted by atomic mass is 35.5. The Balaban J connectivity index is 2.36. The van der Waals surface area contributed by atoms with E-state index in [1.165, 1.54) is 11.1 Å². The highest BCUT2D eigenvalue weighted by Gasteiger charge is 2.04. The predicted molar refractivity (Wildman–Crippen MR) is 67.6 cm³/mol. The Morgan fingerprint density at radius 2 is 2.12 bits per heavy atom. The van der Waals surface area contributed by atoms with Crippen molar-refractivity contribution in [2.45, 2.75) is 0 Å². The Bertz CT molecular complexity index is 399. The van der Waals surface area contributed by atoms with E-state index in [-0.39, 0.29) is 11.3 Å². The van der Waals surface area contributed by atoms with Crippen LogP contribution in [0.1, 0.15) is 0 Å². The van der Waals surface area contributed by atoms with Crippen LogP contribution in [0.4, 0.5) is 10.6 Å². The first-order chi connectivity index (χ1) is 8.00. The third-order valence-electron chi connectivity index (χ3n) is 1.81. The lowest BCUT2D eigenvalue weighted by atomic mass is 10.5. The van der Waals surface area contributed by atoms with Gasteiger partial charge < -0.3 is 15.5 Å². The van der Waals surface area contributed by atoms with Crippen molar-refractivity contribution in [1.29, 1.82) is 0 Å². The Kier molecular flexibility index (Phi) is 5.24. The van der Waals surface area contributed by atoms with E-state index in [1.54, 1.807) is 14.1 Å². The standard InChI is InChI=1S/C9H13Cl2N5O/c1-16(2)9(17)13-4-3-12-7-6(10)5-14-8(11)15-7/h5H,3-4H2,1-2H3,(H,13,17)(H,12,14,15). The molecular formula is C9H13Cl2N5O. The van der Waals surface area contributed by atoms with E-state index in [0.29, 0.717) is 23.9 Å². The van der Waals surface area contributed by atoms with Gasteiger partial charge in [0.05, 0.1) is 6.20 Å². The van der Waals surface area contributed by atoms with E-state index >= 15 is 0 Å². The molecule has 94 valence electrons. The fourth-order valence-corrected chi connectivity index (χ4v) is 1.27. The molecule has 0 saturated heterocycles. The van der Waals surface area contributed by atoms with E-state index in [1.807, 2.05) is 0 Å². The van der Waals surface area contributed by atoms with E-state index in [9.17, 15) is 4.79 Å². The van der Waals surface area contributed by atoms with Crippen LogP contribution in [0.5, 0.6) is 0 Å². The topological polar surface area (TPSA) is 70.2 Å². The van der Waals surface area contributed by atoms with E-state index in [0.717, 1.165) is 0 Å². The second-order valence-electron chi connectivity index (χ2n) is 3.39. The van der Waals surface area contributed by atoms with Crippen molar-refractivity contribution in [2.75, 3.05) is 32.5 Å². The Labute approximate surface area is 109 Å². The van der Waals surface area contributed by atoms with Crippen molar-refractivity contribution in [1.82, 2.24) is 20.2 Å². The number of urea groups is 1. The van der Waals surface area contributed by atoms with Gasteiger partial charge in [-0.05, 0) is 11.6 Å². The van der Waals surface area contributed by atoms with E-state index in [2.05, 4.69) is 20.6 Å². The number of carbonyl (C=O) groups excluding carboxylic acids is 1. The number of anilines is 1. The number of carbonyl (C=O) groups is 1. The predicted octanol–water partition coefficient (Wildman–Crippen LogP) is 1.47. The molecule has 0 aliphatic heterocycles. The maximum atomic E-state index is 11.2. The van der Waals surface area contributed by atoms with Gasteiger partial charge in [0, 0.05) is 27.2 Å². The SMILES string of the molecule is CN(C)C(=O)NCCNc1nc(Cl)ncc1Cl. The molecular weight excluding hydrogens is 265 g/mol. The van der Waals surface area contributed by atoms with Crippen LogP contribution in [0.25, 0.3) is 0 Å². The maximum Gasteiger partial charge on any atom is 0.316 e. The molecule has 0 aromatic carbocycles. The minimum absolute atomic E-state index is 0.120. The van der Waals surface area contributed by atoms with Gasteiger partial charge in [0.25, 0.3) is 0 Å².